The number of aryl methyl sites for hydroxylation is 1. The van der Waals surface area contributed by atoms with Crippen LogP contribution in [-0.4, -0.2) is 16.5 Å². The number of hydrogen-bond donors (Lipinski definition) is 0. The van der Waals surface area contributed by atoms with Crippen LogP contribution in [0.5, 0.6) is 5.75 Å². The first-order valence-electron chi connectivity index (χ1n) is 7.24. The summed E-state index contributed by atoms with van der Waals surface area (Å²) in [6.45, 7) is 6.25. The molecule has 0 spiro atoms. The van der Waals surface area contributed by atoms with Gasteiger partial charge in [-0.05, 0) is 42.8 Å². The summed E-state index contributed by atoms with van der Waals surface area (Å²) in [5, 5.41) is 1.20. The van der Waals surface area contributed by atoms with E-state index >= 15 is 0 Å². The van der Waals surface area contributed by atoms with Gasteiger partial charge in [-0.1, -0.05) is 23.7 Å². The monoisotopic (exact) mass is 328 g/mol. The van der Waals surface area contributed by atoms with Crippen LogP contribution < -0.4 is 10.3 Å². The maximum Gasteiger partial charge on any atom is 0.279 e. The minimum absolute atomic E-state index is 0.109. The molecule has 0 unspecified atom stereocenters. The van der Waals surface area contributed by atoms with Gasteiger partial charge in [0.05, 0.1) is 24.6 Å². The van der Waals surface area contributed by atoms with Gasteiger partial charge in [-0.3, -0.25) is 9.48 Å². The van der Waals surface area contributed by atoms with Gasteiger partial charge in [-0.2, -0.15) is 0 Å². The predicted molar refractivity (Wildman–Crippen MR) is 94.0 cm³/mol. The van der Waals surface area contributed by atoms with Crippen molar-refractivity contribution in [2.45, 2.75) is 13.5 Å². The average molecular weight is 329 g/mol. The van der Waals surface area contributed by atoms with Crippen molar-refractivity contribution in [1.82, 2.24) is 9.36 Å². The molecule has 3 aromatic rings. The van der Waals surface area contributed by atoms with Gasteiger partial charge in [0.15, 0.2) is 0 Å². The van der Waals surface area contributed by atoms with Gasteiger partial charge in [0.25, 0.3) is 5.56 Å². The molecule has 0 aliphatic rings. The molecular formula is C18H17ClN2O2. The van der Waals surface area contributed by atoms with E-state index in [0.717, 1.165) is 11.1 Å². The third kappa shape index (κ3) is 2.55. The Bertz CT molecular complexity index is 954. The van der Waals surface area contributed by atoms with E-state index in [1.165, 1.54) is 0 Å². The minimum atomic E-state index is -0.109. The van der Waals surface area contributed by atoms with E-state index in [4.69, 9.17) is 16.3 Å². The van der Waals surface area contributed by atoms with Crippen molar-refractivity contribution in [3.05, 3.63) is 70.0 Å². The number of methoxy groups -OCH3 is 1. The van der Waals surface area contributed by atoms with Crippen molar-refractivity contribution < 1.29 is 4.74 Å². The van der Waals surface area contributed by atoms with Crippen LogP contribution in [0.15, 0.2) is 53.8 Å². The Hall–Kier alpha value is -2.46. The van der Waals surface area contributed by atoms with Crippen molar-refractivity contribution >= 4 is 22.5 Å². The van der Waals surface area contributed by atoms with E-state index in [9.17, 15) is 4.79 Å². The molecular weight excluding hydrogens is 312 g/mol. The maximum atomic E-state index is 12.9. The Morgan fingerprint density at radius 1 is 1.26 bits per heavy atom. The van der Waals surface area contributed by atoms with Gasteiger partial charge in [-0.15, -0.1) is 6.58 Å². The van der Waals surface area contributed by atoms with Gasteiger partial charge in [0.2, 0.25) is 0 Å². The molecule has 0 N–H and O–H groups in total. The molecule has 118 valence electrons. The normalized spacial score (nSPS) is 10.9. The fourth-order valence-corrected chi connectivity index (χ4v) is 2.90. The quantitative estimate of drug-likeness (QED) is 0.680. The number of ether oxygens (including phenoxy) is 1. The third-order valence-corrected chi connectivity index (χ3v) is 4.00. The lowest BCUT2D eigenvalue weighted by atomic mass is 10.2. The van der Waals surface area contributed by atoms with E-state index in [0.29, 0.717) is 28.4 Å². The lowest BCUT2D eigenvalue weighted by molar-refractivity contribution is 0.408. The minimum Gasteiger partial charge on any atom is -0.494 e. The predicted octanol–water partition coefficient (Wildman–Crippen LogP) is 3.95. The van der Waals surface area contributed by atoms with E-state index < -0.39 is 0 Å². The molecule has 0 saturated heterocycles. The van der Waals surface area contributed by atoms with Crippen molar-refractivity contribution in [2.24, 2.45) is 0 Å². The fourth-order valence-electron chi connectivity index (χ4n) is 2.74. The highest BCUT2D eigenvalue weighted by atomic mass is 35.5. The van der Waals surface area contributed by atoms with Crippen LogP contribution in [0.2, 0.25) is 5.02 Å². The van der Waals surface area contributed by atoms with Gasteiger partial charge in [0.1, 0.15) is 11.4 Å². The number of hydrogen-bond acceptors (Lipinski definition) is 2. The van der Waals surface area contributed by atoms with Crippen LogP contribution >= 0.6 is 11.6 Å². The third-order valence-electron chi connectivity index (χ3n) is 3.77. The van der Waals surface area contributed by atoms with Crippen LogP contribution in [0.25, 0.3) is 16.6 Å². The number of nitrogens with zero attached hydrogens (tertiary/aromatic N) is 2. The summed E-state index contributed by atoms with van der Waals surface area (Å²) >= 11 is 6.11. The number of fused-ring (bicyclic) bond motifs is 1. The zero-order chi connectivity index (χ0) is 16.6. The van der Waals surface area contributed by atoms with Crippen molar-refractivity contribution in [3.63, 3.8) is 0 Å². The highest BCUT2D eigenvalue weighted by Gasteiger charge is 2.17. The van der Waals surface area contributed by atoms with Crippen LogP contribution in [-0.2, 0) is 6.54 Å². The second-order valence-corrected chi connectivity index (χ2v) is 5.76. The molecule has 0 aliphatic carbocycles. The van der Waals surface area contributed by atoms with Crippen LogP contribution in [0.1, 0.15) is 5.56 Å². The van der Waals surface area contributed by atoms with Gasteiger partial charge >= 0.3 is 0 Å². The number of halogens is 1. The standard InChI is InChI=1S/C18H17ClN2O2/c1-4-9-20-15-11-13(19)6-7-14(15)18(22)21(20)16-10-12(2)5-8-17(16)23-3/h4-8,10-11H,1,9H2,2-3H3. The molecule has 1 aromatic heterocycles. The summed E-state index contributed by atoms with van der Waals surface area (Å²) in [5.74, 6) is 0.636. The van der Waals surface area contributed by atoms with Crippen LogP contribution in [0, 0.1) is 6.92 Å². The van der Waals surface area contributed by atoms with Gasteiger partial charge in [-0.25, -0.2) is 4.68 Å². The topological polar surface area (TPSA) is 36.2 Å². The van der Waals surface area contributed by atoms with Crippen LogP contribution in [0.3, 0.4) is 0 Å². The van der Waals surface area contributed by atoms with Crippen molar-refractivity contribution in [2.75, 3.05) is 7.11 Å². The Labute approximate surface area is 139 Å². The van der Waals surface area contributed by atoms with E-state index in [-0.39, 0.29) is 5.56 Å². The molecule has 0 bridgehead atoms. The SMILES string of the molecule is C=CCn1c2cc(Cl)ccc2c(=O)n1-c1cc(C)ccc1OC. The Balaban J connectivity index is 2.44. The largest absolute Gasteiger partial charge is 0.494 e. The van der Waals surface area contributed by atoms with E-state index in [2.05, 4.69) is 6.58 Å². The first-order chi connectivity index (χ1) is 11.1. The molecule has 0 aliphatic heterocycles. The molecule has 0 radical (unpaired) electrons. The zero-order valence-corrected chi connectivity index (χ0v) is 13.8. The fraction of sp³-hybridized carbons (Fsp3) is 0.167. The molecule has 0 fully saturated rings. The molecule has 0 saturated carbocycles. The lowest BCUT2D eigenvalue weighted by Gasteiger charge is -2.14. The first kappa shape index (κ1) is 15.4. The van der Waals surface area contributed by atoms with E-state index in [1.54, 1.807) is 36.1 Å². The molecule has 0 amide bonds. The lowest BCUT2D eigenvalue weighted by Crippen LogP contribution is -2.21. The Kier molecular flexibility index (Phi) is 4.01. The molecule has 0 atom stereocenters. The molecule has 2 aromatic carbocycles. The molecule has 1 heterocycles. The number of allylic oxidation sites excluding steroid dienone is 1. The summed E-state index contributed by atoms with van der Waals surface area (Å²) in [7, 11) is 1.59. The second-order valence-electron chi connectivity index (χ2n) is 5.32. The summed E-state index contributed by atoms with van der Waals surface area (Å²) in [6, 6.07) is 11.0. The Morgan fingerprint density at radius 2 is 2.04 bits per heavy atom. The van der Waals surface area contributed by atoms with Gasteiger partial charge in [0, 0.05) is 5.02 Å². The first-order valence-corrected chi connectivity index (χ1v) is 7.61. The van der Waals surface area contributed by atoms with Crippen molar-refractivity contribution in [3.8, 4) is 11.4 Å². The highest BCUT2D eigenvalue weighted by Crippen LogP contribution is 2.26. The molecule has 23 heavy (non-hydrogen) atoms. The number of aromatic nitrogens is 2. The average Bonchev–Trinajstić information content (AvgIpc) is 2.79. The summed E-state index contributed by atoms with van der Waals surface area (Å²) in [4.78, 5) is 12.9. The Morgan fingerprint density at radius 3 is 2.74 bits per heavy atom. The molecule has 5 heteroatoms. The maximum absolute atomic E-state index is 12.9. The summed E-state index contributed by atoms with van der Waals surface area (Å²) in [6.07, 6.45) is 1.75. The summed E-state index contributed by atoms with van der Waals surface area (Å²) in [5.41, 5.74) is 2.40. The van der Waals surface area contributed by atoms with Crippen molar-refractivity contribution in [1.29, 1.82) is 0 Å². The number of rotatable bonds is 4. The van der Waals surface area contributed by atoms with Gasteiger partial charge < -0.3 is 4.74 Å². The zero-order valence-electron chi connectivity index (χ0n) is 13.0. The molecule has 4 nitrogen and oxygen atoms in total. The smallest absolute Gasteiger partial charge is 0.279 e. The van der Waals surface area contributed by atoms with E-state index in [1.807, 2.05) is 29.8 Å². The molecule has 3 rings (SSSR count). The summed E-state index contributed by atoms with van der Waals surface area (Å²) < 4.78 is 8.91. The van der Waals surface area contributed by atoms with Crippen LogP contribution in [0.4, 0.5) is 0 Å². The highest BCUT2D eigenvalue weighted by molar-refractivity contribution is 6.31. The second kappa shape index (κ2) is 5.97. The number of benzene rings is 2.